The molecule has 0 aromatic heterocycles. The molecule has 0 saturated heterocycles. The van der Waals surface area contributed by atoms with Gasteiger partial charge in [0.1, 0.15) is 0 Å². The van der Waals surface area contributed by atoms with E-state index in [0.29, 0.717) is 13.2 Å². The Morgan fingerprint density at radius 2 is 1.05 bits per heavy atom. The third-order valence-electron chi connectivity index (χ3n) is 5.23. The van der Waals surface area contributed by atoms with Crippen LogP contribution in [-0.4, -0.2) is 41.6 Å². The quantitative estimate of drug-likeness (QED) is 0.689. The third-order valence-corrected chi connectivity index (χ3v) is 14.2. The first-order valence-electron chi connectivity index (χ1n) is 8.03. The first kappa shape index (κ1) is 21.3. The summed E-state index contributed by atoms with van der Waals surface area (Å²) in [5.41, 5.74) is 0. The summed E-state index contributed by atoms with van der Waals surface area (Å²) in [6, 6.07) is 0. The second-order valence-electron chi connectivity index (χ2n) is 9.19. The zero-order valence-electron chi connectivity index (χ0n) is 16.0. The summed E-state index contributed by atoms with van der Waals surface area (Å²) in [7, 11) is -3.50. The second-order valence-corrected chi connectivity index (χ2v) is 18.8. The van der Waals surface area contributed by atoms with Crippen LogP contribution in [-0.2, 0) is 8.85 Å². The van der Waals surface area contributed by atoms with E-state index in [4.69, 9.17) is 8.85 Å². The molecule has 5 heteroatoms. The maximum atomic E-state index is 9.60. The molecule has 3 nitrogen and oxygen atoms in total. The molecule has 0 rings (SSSR count). The Kier molecular flexibility index (Phi) is 7.37. The molecule has 0 aromatic rings. The van der Waals surface area contributed by atoms with Crippen LogP contribution in [0.3, 0.4) is 0 Å². The molecule has 0 saturated carbocycles. The molecule has 0 aliphatic heterocycles. The first-order valence-corrected chi connectivity index (χ1v) is 13.8. The monoisotopic (exact) mass is 334 g/mol. The molecule has 21 heavy (non-hydrogen) atoms. The Labute approximate surface area is 134 Å². The number of aliphatic hydroxyl groups excluding tert-OH is 1. The first-order chi connectivity index (χ1) is 9.14. The van der Waals surface area contributed by atoms with E-state index in [9.17, 15) is 5.11 Å². The Bertz CT molecular complexity index is 284. The summed E-state index contributed by atoms with van der Waals surface area (Å²) < 4.78 is 12.4. The van der Waals surface area contributed by atoms with Gasteiger partial charge in [0.05, 0.1) is 6.61 Å². The molecule has 0 aliphatic carbocycles. The fourth-order valence-electron chi connectivity index (χ4n) is 1.24. The van der Waals surface area contributed by atoms with Gasteiger partial charge in [0.2, 0.25) is 0 Å². The van der Waals surface area contributed by atoms with Crippen molar-refractivity contribution >= 4 is 16.6 Å². The fraction of sp³-hybridized carbons (Fsp3) is 1.00. The predicted octanol–water partition coefficient (Wildman–Crippen LogP) is 4.64. The maximum Gasteiger partial charge on any atom is 0.191 e. The molecule has 0 atom stereocenters. The lowest BCUT2D eigenvalue weighted by Crippen LogP contribution is -2.45. The van der Waals surface area contributed by atoms with Crippen LogP contribution >= 0.6 is 0 Å². The van der Waals surface area contributed by atoms with Crippen LogP contribution in [0.2, 0.25) is 36.3 Å². The largest absolute Gasteiger partial charge is 0.416 e. The van der Waals surface area contributed by atoms with Crippen molar-refractivity contribution in [3.63, 3.8) is 0 Å². The van der Waals surface area contributed by atoms with Gasteiger partial charge in [-0.25, -0.2) is 0 Å². The maximum absolute atomic E-state index is 9.60. The van der Waals surface area contributed by atoms with Gasteiger partial charge in [-0.05, 0) is 36.3 Å². The predicted molar refractivity (Wildman–Crippen MR) is 96.9 cm³/mol. The van der Waals surface area contributed by atoms with Crippen LogP contribution in [0.4, 0.5) is 0 Å². The molecular weight excluding hydrogens is 296 g/mol. The summed E-state index contributed by atoms with van der Waals surface area (Å²) in [6.45, 7) is 23.7. The van der Waals surface area contributed by atoms with E-state index in [1.807, 2.05) is 0 Å². The molecule has 0 radical (unpaired) electrons. The van der Waals surface area contributed by atoms with Gasteiger partial charge in [0, 0.05) is 19.1 Å². The molecule has 0 aromatic carbocycles. The summed E-state index contributed by atoms with van der Waals surface area (Å²) in [4.78, 5) is 0. The Morgan fingerprint density at radius 3 is 1.24 bits per heavy atom. The van der Waals surface area contributed by atoms with Crippen molar-refractivity contribution in [1.82, 2.24) is 0 Å². The average Bonchev–Trinajstić information content (AvgIpc) is 2.26. The Balaban J connectivity index is 4.51. The highest BCUT2D eigenvalue weighted by Gasteiger charge is 2.39. The molecule has 0 bridgehead atoms. The van der Waals surface area contributed by atoms with Crippen LogP contribution in [0.15, 0.2) is 0 Å². The molecule has 0 fully saturated rings. The second kappa shape index (κ2) is 7.26. The van der Waals surface area contributed by atoms with Crippen molar-refractivity contribution in [2.24, 2.45) is 5.92 Å². The minimum absolute atomic E-state index is 0.0771. The zero-order valence-corrected chi connectivity index (χ0v) is 18.0. The molecule has 128 valence electrons. The Hall–Kier alpha value is 0.314. The highest BCUT2D eigenvalue weighted by Crippen LogP contribution is 2.38. The van der Waals surface area contributed by atoms with Gasteiger partial charge < -0.3 is 14.0 Å². The van der Waals surface area contributed by atoms with Gasteiger partial charge in [0.25, 0.3) is 0 Å². The van der Waals surface area contributed by atoms with Crippen LogP contribution in [0.5, 0.6) is 0 Å². The molecule has 1 N–H and O–H groups in total. The van der Waals surface area contributed by atoms with E-state index < -0.39 is 16.6 Å². The SMILES string of the molecule is CC(C)(C)[Si](C)(C)OCC(CO)CO[Si](C)(C)C(C)(C)C. The minimum Gasteiger partial charge on any atom is -0.416 e. The van der Waals surface area contributed by atoms with E-state index in [0.717, 1.165) is 0 Å². The lowest BCUT2D eigenvalue weighted by molar-refractivity contribution is 0.104. The van der Waals surface area contributed by atoms with Gasteiger partial charge in [-0.3, -0.25) is 0 Å². The summed E-state index contributed by atoms with van der Waals surface area (Å²) in [5, 5.41) is 10.00. The van der Waals surface area contributed by atoms with Crippen molar-refractivity contribution in [1.29, 1.82) is 0 Å². The van der Waals surface area contributed by atoms with Crippen LogP contribution in [0, 0.1) is 5.92 Å². The van der Waals surface area contributed by atoms with Gasteiger partial charge in [0.15, 0.2) is 16.6 Å². The third kappa shape index (κ3) is 6.52. The highest BCUT2D eigenvalue weighted by atomic mass is 28.4. The minimum atomic E-state index is -1.75. The van der Waals surface area contributed by atoms with Crippen molar-refractivity contribution < 1.29 is 14.0 Å². The average molecular weight is 335 g/mol. The van der Waals surface area contributed by atoms with Crippen LogP contribution < -0.4 is 0 Å². The van der Waals surface area contributed by atoms with Crippen LogP contribution in [0.25, 0.3) is 0 Å². The number of hydrogen-bond acceptors (Lipinski definition) is 3. The molecule has 0 spiro atoms. The highest BCUT2D eigenvalue weighted by molar-refractivity contribution is 6.74. The van der Waals surface area contributed by atoms with E-state index in [-0.39, 0.29) is 22.6 Å². The van der Waals surface area contributed by atoms with Gasteiger partial charge >= 0.3 is 0 Å². The molecule has 0 amide bonds. The number of aliphatic hydroxyl groups is 1. The fourth-order valence-corrected chi connectivity index (χ4v) is 3.41. The van der Waals surface area contributed by atoms with E-state index >= 15 is 0 Å². The summed E-state index contributed by atoms with van der Waals surface area (Å²) >= 11 is 0. The lowest BCUT2D eigenvalue weighted by Gasteiger charge is -2.39. The van der Waals surface area contributed by atoms with Gasteiger partial charge in [-0.1, -0.05) is 41.5 Å². The molecule has 0 aliphatic rings. The topological polar surface area (TPSA) is 38.7 Å². The number of hydrogen-bond donors (Lipinski definition) is 1. The van der Waals surface area contributed by atoms with Gasteiger partial charge in [-0.2, -0.15) is 0 Å². The van der Waals surface area contributed by atoms with E-state index in [2.05, 4.69) is 67.7 Å². The van der Waals surface area contributed by atoms with Gasteiger partial charge in [-0.15, -0.1) is 0 Å². The van der Waals surface area contributed by atoms with E-state index in [1.165, 1.54) is 0 Å². The lowest BCUT2D eigenvalue weighted by atomic mass is 10.2. The molecular formula is C16H38O3Si2. The molecule has 0 heterocycles. The summed E-state index contributed by atoms with van der Waals surface area (Å²) in [5.74, 6) is 0.0771. The van der Waals surface area contributed by atoms with Crippen molar-refractivity contribution in [3.05, 3.63) is 0 Å². The van der Waals surface area contributed by atoms with Crippen LogP contribution in [0.1, 0.15) is 41.5 Å². The smallest absolute Gasteiger partial charge is 0.191 e. The zero-order chi connectivity index (χ0) is 17.1. The Morgan fingerprint density at radius 1 is 0.762 bits per heavy atom. The molecule has 0 unspecified atom stereocenters. The van der Waals surface area contributed by atoms with E-state index in [1.54, 1.807) is 0 Å². The summed E-state index contributed by atoms with van der Waals surface area (Å²) in [6.07, 6.45) is 0. The number of rotatable bonds is 7. The standard InChI is InChI=1S/C16H38O3Si2/c1-15(2,3)20(7,8)18-12-14(11-17)13-19-21(9,10)16(4,5)6/h14,17H,11-13H2,1-10H3. The van der Waals surface area contributed by atoms with Crippen molar-refractivity contribution in [3.8, 4) is 0 Å². The van der Waals surface area contributed by atoms with Crippen molar-refractivity contribution in [2.75, 3.05) is 19.8 Å². The normalized spacial score (nSPS) is 14.9. The van der Waals surface area contributed by atoms with Crippen molar-refractivity contribution in [2.45, 2.75) is 77.8 Å².